The lowest BCUT2D eigenvalue weighted by atomic mass is 9.92. The quantitative estimate of drug-likeness (QED) is 0.923. The van der Waals surface area contributed by atoms with Crippen molar-refractivity contribution in [1.29, 1.82) is 0 Å². The van der Waals surface area contributed by atoms with Gasteiger partial charge in [0.25, 0.3) is 5.91 Å². The molecular weight excluding hydrogens is 280 g/mol. The lowest BCUT2D eigenvalue weighted by Gasteiger charge is -2.38. The molecule has 0 saturated carbocycles. The molecule has 0 aromatic heterocycles. The molecule has 120 valence electrons. The maximum absolute atomic E-state index is 12.6. The van der Waals surface area contributed by atoms with Gasteiger partial charge in [0.15, 0.2) is 6.10 Å². The third-order valence-corrected chi connectivity index (χ3v) is 4.25. The van der Waals surface area contributed by atoms with Crippen molar-refractivity contribution in [3.05, 3.63) is 29.8 Å². The molecule has 1 aliphatic heterocycles. The van der Waals surface area contributed by atoms with E-state index in [0.717, 1.165) is 18.4 Å². The van der Waals surface area contributed by atoms with E-state index in [4.69, 9.17) is 10.5 Å². The third kappa shape index (κ3) is 3.78. The van der Waals surface area contributed by atoms with E-state index in [9.17, 15) is 9.59 Å². The van der Waals surface area contributed by atoms with E-state index >= 15 is 0 Å². The first kappa shape index (κ1) is 16.3. The molecule has 0 radical (unpaired) electrons. The molecule has 0 spiro atoms. The molecule has 1 aromatic rings. The molecule has 1 aromatic carbocycles. The number of carbonyl (C=O) groups is 2. The van der Waals surface area contributed by atoms with Gasteiger partial charge in [-0.2, -0.15) is 0 Å². The van der Waals surface area contributed by atoms with Crippen LogP contribution in [0.15, 0.2) is 24.3 Å². The first-order chi connectivity index (χ1) is 10.4. The van der Waals surface area contributed by atoms with Crippen molar-refractivity contribution in [3.63, 3.8) is 0 Å². The summed E-state index contributed by atoms with van der Waals surface area (Å²) >= 11 is 0. The summed E-state index contributed by atoms with van der Waals surface area (Å²) in [5.74, 6) is -0.0230. The predicted octanol–water partition coefficient (Wildman–Crippen LogP) is 1.87. The summed E-state index contributed by atoms with van der Waals surface area (Å²) in [6, 6.07) is 7.70. The number of hydrogen-bond acceptors (Lipinski definition) is 3. The van der Waals surface area contributed by atoms with Gasteiger partial charge in [-0.3, -0.25) is 9.59 Å². The van der Waals surface area contributed by atoms with E-state index in [0.29, 0.717) is 12.3 Å². The van der Waals surface area contributed by atoms with Crippen LogP contribution in [0, 0.1) is 12.8 Å². The molecule has 22 heavy (non-hydrogen) atoms. The van der Waals surface area contributed by atoms with Crippen molar-refractivity contribution >= 4 is 11.8 Å². The summed E-state index contributed by atoms with van der Waals surface area (Å²) in [7, 11) is 0. The first-order valence-corrected chi connectivity index (χ1v) is 7.71. The smallest absolute Gasteiger partial charge is 0.263 e. The second-order valence-electron chi connectivity index (χ2n) is 6.09. The molecule has 2 amide bonds. The number of rotatable bonds is 4. The molecule has 0 aliphatic carbocycles. The van der Waals surface area contributed by atoms with Gasteiger partial charge in [0.05, 0.1) is 5.92 Å². The Kier molecular flexibility index (Phi) is 5.06. The maximum atomic E-state index is 12.6. The van der Waals surface area contributed by atoms with Gasteiger partial charge >= 0.3 is 0 Å². The second kappa shape index (κ2) is 6.81. The summed E-state index contributed by atoms with van der Waals surface area (Å²) < 4.78 is 5.72. The van der Waals surface area contributed by atoms with E-state index in [2.05, 4.69) is 0 Å². The van der Waals surface area contributed by atoms with Crippen LogP contribution in [0.25, 0.3) is 0 Å². The number of amides is 2. The predicted molar refractivity (Wildman–Crippen MR) is 84.4 cm³/mol. The number of aryl methyl sites for hydroxylation is 1. The highest BCUT2D eigenvalue weighted by Crippen LogP contribution is 2.23. The highest BCUT2D eigenvalue weighted by Gasteiger charge is 2.34. The lowest BCUT2D eigenvalue weighted by Crippen LogP contribution is -2.52. The fourth-order valence-corrected chi connectivity index (χ4v) is 2.75. The van der Waals surface area contributed by atoms with Crippen LogP contribution in [-0.2, 0) is 9.59 Å². The monoisotopic (exact) mass is 304 g/mol. The molecule has 3 unspecified atom stereocenters. The Hall–Kier alpha value is -2.04. The number of nitrogens with two attached hydrogens (primary N) is 1. The zero-order chi connectivity index (χ0) is 16.3. The molecule has 1 saturated heterocycles. The Labute approximate surface area is 131 Å². The fourth-order valence-electron chi connectivity index (χ4n) is 2.75. The van der Waals surface area contributed by atoms with E-state index < -0.39 is 6.10 Å². The minimum Gasteiger partial charge on any atom is -0.481 e. The number of primary amides is 1. The molecule has 0 bridgehead atoms. The van der Waals surface area contributed by atoms with E-state index in [1.54, 1.807) is 11.8 Å². The van der Waals surface area contributed by atoms with Crippen molar-refractivity contribution in [1.82, 2.24) is 4.90 Å². The summed E-state index contributed by atoms with van der Waals surface area (Å²) in [4.78, 5) is 25.7. The largest absolute Gasteiger partial charge is 0.481 e. The number of benzene rings is 1. The van der Waals surface area contributed by atoms with E-state index in [1.807, 2.05) is 38.1 Å². The summed E-state index contributed by atoms with van der Waals surface area (Å²) in [5, 5.41) is 0. The van der Waals surface area contributed by atoms with Gasteiger partial charge in [0.2, 0.25) is 5.91 Å². The summed E-state index contributed by atoms with van der Waals surface area (Å²) in [5.41, 5.74) is 6.52. The van der Waals surface area contributed by atoms with Crippen LogP contribution in [0.3, 0.4) is 0 Å². The lowest BCUT2D eigenvalue weighted by molar-refractivity contribution is -0.143. The number of piperidine rings is 1. The Morgan fingerprint density at radius 3 is 2.50 bits per heavy atom. The van der Waals surface area contributed by atoms with Crippen LogP contribution in [0.1, 0.15) is 32.3 Å². The zero-order valence-corrected chi connectivity index (χ0v) is 13.4. The Morgan fingerprint density at radius 2 is 1.91 bits per heavy atom. The SMILES string of the molecule is Cc1ccc(OC(C)C(=O)N2CC(C(N)=O)CCC2C)cc1. The van der Waals surface area contributed by atoms with E-state index in [1.165, 1.54) is 0 Å². The summed E-state index contributed by atoms with van der Waals surface area (Å²) in [6.45, 7) is 6.12. The average Bonchev–Trinajstić information content (AvgIpc) is 2.49. The van der Waals surface area contributed by atoms with Crippen LogP contribution in [-0.4, -0.2) is 35.4 Å². The molecule has 1 fully saturated rings. The van der Waals surface area contributed by atoms with Crippen LogP contribution in [0.4, 0.5) is 0 Å². The standard InChI is InChI=1S/C17H24N2O3/c1-11-4-8-15(9-5-11)22-13(3)17(21)19-10-14(16(18)20)7-6-12(19)2/h4-5,8-9,12-14H,6-7,10H2,1-3H3,(H2,18,20). The molecule has 1 aliphatic rings. The number of likely N-dealkylation sites (tertiary alicyclic amines) is 1. The van der Waals surface area contributed by atoms with E-state index in [-0.39, 0.29) is 23.8 Å². The van der Waals surface area contributed by atoms with Gasteiger partial charge in [-0.25, -0.2) is 0 Å². The van der Waals surface area contributed by atoms with Gasteiger partial charge in [0.1, 0.15) is 5.75 Å². The molecular formula is C17H24N2O3. The van der Waals surface area contributed by atoms with Crippen molar-refractivity contribution in [3.8, 4) is 5.75 Å². The molecule has 1 heterocycles. The number of hydrogen-bond donors (Lipinski definition) is 1. The Balaban J connectivity index is 2.02. The van der Waals surface area contributed by atoms with Crippen LogP contribution < -0.4 is 10.5 Å². The number of ether oxygens (including phenoxy) is 1. The first-order valence-electron chi connectivity index (χ1n) is 7.71. The highest BCUT2D eigenvalue weighted by atomic mass is 16.5. The van der Waals surface area contributed by atoms with Crippen molar-refractivity contribution in [2.24, 2.45) is 11.7 Å². The van der Waals surface area contributed by atoms with Crippen LogP contribution in [0.5, 0.6) is 5.75 Å². The van der Waals surface area contributed by atoms with Gasteiger partial charge in [-0.05, 0) is 45.7 Å². The average molecular weight is 304 g/mol. The molecule has 5 heteroatoms. The summed E-state index contributed by atoms with van der Waals surface area (Å²) in [6.07, 6.45) is 0.946. The van der Waals surface area contributed by atoms with Crippen LogP contribution >= 0.6 is 0 Å². The minimum atomic E-state index is -0.586. The van der Waals surface area contributed by atoms with Crippen molar-refractivity contribution in [2.75, 3.05) is 6.54 Å². The fraction of sp³-hybridized carbons (Fsp3) is 0.529. The minimum absolute atomic E-state index is 0.0981. The Bertz CT molecular complexity index is 541. The number of nitrogens with zero attached hydrogens (tertiary/aromatic N) is 1. The topological polar surface area (TPSA) is 72.6 Å². The molecule has 5 nitrogen and oxygen atoms in total. The van der Waals surface area contributed by atoms with Gasteiger partial charge < -0.3 is 15.4 Å². The number of carbonyl (C=O) groups excluding carboxylic acids is 2. The molecule has 3 atom stereocenters. The van der Waals surface area contributed by atoms with Gasteiger partial charge in [-0.1, -0.05) is 17.7 Å². The van der Waals surface area contributed by atoms with Gasteiger partial charge in [-0.15, -0.1) is 0 Å². The van der Waals surface area contributed by atoms with Crippen molar-refractivity contribution in [2.45, 2.75) is 45.8 Å². The normalized spacial score (nSPS) is 23.0. The molecule has 2 N–H and O–H groups in total. The second-order valence-corrected chi connectivity index (χ2v) is 6.09. The maximum Gasteiger partial charge on any atom is 0.263 e. The van der Waals surface area contributed by atoms with Gasteiger partial charge in [0, 0.05) is 12.6 Å². The van der Waals surface area contributed by atoms with Crippen LogP contribution in [0.2, 0.25) is 0 Å². The Morgan fingerprint density at radius 1 is 1.27 bits per heavy atom. The highest BCUT2D eigenvalue weighted by molar-refractivity contribution is 5.83. The molecule has 2 rings (SSSR count). The third-order valence-electron chi connectivity index (χ3n) is 4.25. The van der Waals surface area contributed by atoms with Crippen molar-refractivity contribution < 1.29 is 14.3 Å². The zero-order valence-electron chi connectivity index (χ0n) is 13.4.